The molecule has 2 atom stereocenters. The SMILES string of the molecule is C1=CC2C3=C(CCC(c4cccc5c4oc4ccccc45)=C3)c3ccc(-c4cccc(-n5c6ccccc6c6ccccc65)c4)cc3C2C=C1. The molecule has 3 aliphatic carbocycles. The van der Waals surface area contributed by atoms with Crippen LogP contribution in [0.5, 0.6) is 0 Å². The maximum Gasteiger partial charge on any atom is 0.142 e. The number of allylic oxidation sites excluding steroid dienone is 8. The van der Waals surface area contributed by atoms with Gasteiger partial charge in [-0.3, -0.25) is 0 Å². The summed E-state index contributed by atoms with van der Waals surface area (Å²) in [6.45, 7) is 0. The van der Waals surface area contributed by atoms with Crippen LogP contribution in [0.25, 0.3) is 71.7 Å². The number of hydrogen-bond donors (Lipinski definition) is 0. The van der Waals surface area contributed by atoms with E-state index in [1.165, 1.54) is 82.8 Å². The van der Waals surface area contributed by atoms with Crippen LogP contribution in [0, 0.1) is 5.92 Å². The molecule has 0 N–H and O–H groups in total. The second kappa shape index (κ2) is 10.7. The molecular formula is C48H33NO. The van der Waals surface area contributed by atoms with Gasteiger partial charge in [0.1, 0.15) is 11.2 Å². The van der Waals surface area contributed by atoms with E-state index in [9.17, 15) is 0 Å². The molecule has 0 amide bonds. The Kier molecular flexibility index (Phi) is 5.94. The molecule has 50 heavy (non-hydrogen) atoms. The molecule has 8 aromatic rings. The predicted molar refractivity (Wildman–Crippen MR) is 209 cm³/mol. The van der Waals surface area contributed by atoms with Crippen LogP contribution < -0.4 is 0 Å². The van der Waals surface area contributed by atoms with E-state index in [-0.39, 0.29) is 0 Å². The van der Waals surface area contributed by atoms with E-state index < -0.39 is 0 Å². The topological polar surface area (TPSA) is 18.1 Å². The van der Waals surface area contributed by atoms with E-state index in [0.717, 1.165) is 24.0 Å². The Morgan fingerprint density at radius 2 is 1.24 bits per heavy atom. The van der Waals surface area contributed by atoms with Crippen molar-refractivity contribution in [2.75, 3.05) is 0 Å². The quantitative estimate of drug-likeness (QED) is 0.188. The van der Waals surface area contributed by atoms with E-state index in [1.54, 1.807) is 0 Å². The summed E-state index contributed by atoms with van der Waals surface area (Å²) in [6.07, 6.45) is 13.8. The van der Waals surface area contributed by atoms with Gasteiger partial charge in [0.15, 0.2) is 0 Å². The van der Waals surface area contributed by atoms with E-state index in [1.807, 2.05) is 0 Å². The summed E-state index contributed by atoms with van der Waals surface area (Å²) in [5, 5.41) is 4.95. The highest BCUT2D eigenvalue weighted by Gasteiger charge is 2.35. The Bertz CT molecular complexity index is 2780. The molecule has 2 heteroatoms. The number of furan rings is 1. The molecule has 6 aromatic carbocycles. The fourth-order valence-electron chi connectivity index (χ4n) is 9.07. The van der Waals surface area contributed by atoms with Crippen molar-refractivity contribution in [2.45, 2.75) is 18.8 Å². The molecule has 0 saturated heterocycles. The van der Waals surface area contributed by atoms with Gasteiger partial charge >= 0.3 is 0 Å². The summed E-state index contributed by atoms with van der Waals surface area (Å²) in [6, 6.07) is 48.7. The lowest BCUT2D eigenvalue weighted by atomic mass is 9.66. The van der Waals surface area contributed by atoms with Crippen LogP contribution in [0.1, 0.15) is 35.4 Å². The normalized spacial score (nSPS) is 18.1. The molecule has 2 aromatic heterocycles. The molecule has 236 valence electrons. The first kappa shape index (κ1) is 27.8. The van der Waals surface area contributed by atoms with Crippen molar-refractivity contribution >= 4 is 54.9 Å². The number of fused-ring (bicyclic) bond motifs is 11. The van der Waals surface area contributed by atoms with Gasteiger partial charge in [0, 0.05) is 44.6 Å². The smallest absolute Gasteiger partial charge is 0.142 e. The highest BCUT2D eigenvalue weighted by atomic mass is 16.3. The first-order valence-electron chi connectivity index (χ1n) is 17.7. The van der Waals surface area contributed by atoms with Gasteiger partial charge in [0.05, 0.1) is 11.0 Å². The number of para-hydroxylation sites is 4. The van der Waals surface area contributed by atoms with Crippen molar-refractivity contribution in [1.82, 2.24) is 4.57 Å². The number of benzene rings is 6. The Morgan fingerprint density at radius 3 is 2.08 bits per heavy atom. The maximum atomic E-state index is 6.48. The van der Waals surface area contributed by atoms with Crippen LogP contribution >= 0.6 is 0 Å². The minimum absolute atomic E-state index is 0.298. The Balaban J connectivity index is 1.03. The predicted octanol–water partition coefficient (Wildman–Crippen LogP) is 12.8. The lowest BCUT2D eigenvalue weighted by Crippen LogP contribution is -2.22. The number of rotatable bonds is 3. The maximum absolute atomic E-state index is 6.48. The fourth-order valence-corrected chi connectivity index (χ4v) is 9.07. The number of aromatic nitrogens is 1. The van der Waals surface area contributed by atoms with Gasteiger partial charge in [-0.2, -0.15) is 0 Å². The molecule has 0 radical (unpaired) electrons. The average Bonchev–Trinajstić information content (AvgIpc) is 3.74. The van der Waals surface area contributed by atoms with E-state index in [0.29, 0.717) is 11.8 Å². The lowest BCUT2D eigenvalue weighted by molar-refractivity contribution is 0.656. The molecule has 0 aliphatic heterocycles. The first-order chi connectivity index (χ1) is 24.8. The minimum Gasteiger partial charge on any atom is -0.455 e. The molecule has 0 saturated carbocycles. The zero-order valence-corrected chi connectivity index (χ0v) is 27.5. The molecule has 3 aliphatic rings. The molecule has 2 unspecified atom stereocenters. The van der Waals surface area contributed by atoms with Crippen LogP contribution in [0.3, 0.4) is 0 Å². The number of hydrogen-bond acceptors (Lipinski definition) is 1. The molecule has 0 spiro atoms. The lowest BCUT2D eigenvalue weighted by Gasteiger charge is -2.37. The standard InChI is InChI=1S/C48H33NO/c1-2-14-36-35(13-1)43-28-31(30-11-9-12-33(27-30)49-45-20-6-3-15-39(45)40-16-4-7-21-46(40)49)23-25-37(43)38-26-24-32(29-44(36)38)34-18-10-19-42-41-17-5-8-22-47(41)50-48(34)42/h1-23,25,27-29,35-36H,24,26H2. The Morgan fingerprint density at radius 1 is 0.540 bits per heavy atom. The minimum atomic E-state index is 0.298. The third-order valence-corrected chi connectivity index (χ3v) is 11.3. The third kappa shape index (κ3) is 4.02. The molecule has 0 fully saturated rings. The summed E-state index contributed by atoms with van der Waals surface area (Å²) in [7, 11) is 0. The van der Waals surface area contributed by atoms with Gasteiger partial charge in [0.2, 0.25) is 0 Å². The first-order valence-corrected chi connectivity index (χ1v) is 17.7. The third-order valence-electron chi connectivity index (χ3n) is 11.3. The van der Waals surface area contributed by atoms with Crippen LogP contribution in [0.4, 0.5) is 0 Å². The molecule has 2 nitrogen and oxygen atoms in total. The van der Waals surface area contributed by atoms with Crippen LogP contribution in [0.15, 0.2) is 174 Å². The second-order valence-corrected chi connectivity index (χ2v) is 13.9. The summed E-state index contributed by atoms with van der Waals surface area (Å²) in [5.74, 6) is 0.610. The van der Waals surface area contributed by atoms with Gasteiger partial charge in [0.25, 0.3) is 0 Å². The zero-order chi connectivity index (χ0) is 32.8. The van der Waals surface area contributed by atoms with Gasteiger partial charge < -0.3 is 8.98 Å². The molecule has 2 heterocycles. The monoisotopic (exact) mass is 639 g/mol. The van der Waals surface area contributed by atoms with Crippen LogP contribution in [-0.2, 0) is 0 Å². The van der Waals surface area contributed by atoms with Crippen molar-refractivity contribution in [2.24, 2.45) is 5.92 Å². The molecule has 11 rings (SSSR count). The van der Waals surface area contributed by atoms with Crippen molar-refractivity contribution < 1.29 is 4.42 Å². The van der Waals surface area contributed by atoms with Gasteiger partial charge in [-0.15, -0.1) is 0 Å². The van der Waals surface area contributed by atoms with Gasteiger partial charge in [-0.05, 0) is 88.2 Å². The summed E-state index contributed by atoms with van der Waals surface area (Å²) < 4.78 is 8.89. The molecule has 0 bridgehead atoms. The van der Waals surface area contributed by atoms with Crippen LogP contribution in [-0.4, -0.2) is 4.57 Å². The highest BCUT2D eigenvalue weighted by molar-refractivity contribution is 6.10. The Labute approximate surface area is 290 Å². The fraction of sp³-hybridized carbons (Fsp3) is 0.0833. The van der Waals surface area contributed by atoms with Crippen molar-refractivity contribution in [3.8, 4) is 16.8 Å². The van der Waals surface area contributed by atoms with E-state index >= 15 is 0 Å². The Hall–Kier alpha value is -6.12. The van der Waals surface area contributed by atoms with Crippen molar-refractivity contribution in [3.05, 3.63) is 186 Å². The van der Waals surface area contributed by atoms with E-state index in [2.05, 4.69) is 168 Å². The van der Waals surface area contributed by atoms with Gasteiger partial charge in [-0.25, -0.2) is 0 Å². The second-order valence-electron chi connectivity index (χ2n) is 13.9. The van der Waals surface area contributed by atoms with Gasteiger partial charge in [-0.1, -0.05) is 127 Å². The van der Waals surface area contributed by atoms with E-state index in [4.69, 9.17) is 4.42 Å². The molecular weight excluding hydrogens is 607 g/mol. The summed E-state index contributed by atoms with van der Waals surface area (Å²) in [5.41, 5.74) is 16.5. The highest BCUT2D eigenvalue weighted by Crippen LogP contribution is 2.52. The number of nitrogens with zero attached hydrogens (tertiary/aromatic N) is 1. The zero-order valence-electron chi connectivity index (χ0n) is 27.5. The van der Waals surface area contributed by atoms with Crippen molar-refractivity contribution in [3.63, 3.8) is 0 Å². The van der Waals surface area contributed by atoms with Crippen molar-refractivity contribution in [1.29, 1.82) is 0 Å². The average molecular weight is 640 g/mol. The summed E-state index contributed by atoms with van der Waals surface area (Å²) >= 11 is 0. The van der Waals surface area contributed by atoms with Crippen LogP contribution in [0.2, 0.25) is 0 Å². The summed E-state index contributed by atoms with van der Waals surface area (Å²) in [4.78, 5) is 0. The largest absolute Gasteiger partial charge is 0.455 e.